The van der Waals surface area contributed by atoms with E-state index in [0.717, 1.165) is 17.1 Å². The summed E-state index contributed by atoms with van der Waals surface area (Å²) < 4.78 is 15.2. The van der Waals surface area contributed by atoms with Crippen LogP contribution in [-0.4, -0.2) is 30.6 Å². The molecule has 5 heteroatoms. The van der Waals surface area contributed by atoms with Crippen molar-refractivity contribution >= 4 is 5.97 Å². The summed E-state index contributed by atoms with van der Waals surface area (Å²) in [4.78, 5) is 11.5. The van der Waals surface area contributed by atoms with E-state index in [1.54, 1.807) is 13.8 Å². The Morgan fingerprint density at radius 1 is 1.45 bits per heavy atom. The van der Waals surface area contributed by atoms with E-state index in [1.165, 1.54) is 7.11 Å². The molecular formula is C15H20O5. The Kier molecular flexibility index (Phi) is 4.18. The lowest BCUT2D eigenvalue weighted by Gasteiger charge is -2.28. The molecule has 1 heterocycles. The number of ether oxygens (including phenoxy) is 3. The highest BCUT2D eigenvalue weighted by atomic mass is 16.7. The van der Waals surface area contributed by atoms with Crippen LogP contribution >= 0.6 is 0 Å². The second-order valence-electron chi connectivity index (χ2n) is 5.29. The van der Waals surface area contributed by atoms with E-state index in [9.17, 15) is 9.90 Å². The molecule has 0 saturated heterocycles. The molecule has 0 aliphatic carbocycles. The first-order chi connectivity index (χ1) is 9.44. The van der Waals surface area contributed by atoms with E-state index in [-0.39, 0.29) is 6.79 Å². The predicted molar refractivity (Wildman–Crippen MR) is 72.7 cm³/mol. The molecule has 2 rings (SSSR count). The first kappa shape index (κ1) is 14.7. The van der Waals surface area contributed by atoms with Crippen molar-refractivity contribution in [2.75, 3.05) is 13.9 Å². The highest BCUT2D eigenvalue weighted by Crippen LogP contribution is 2.33. The molecule has 1 aromatic carbocycles. The van der Waals surface area contributed by atoms with Crippen molar-refractivity contribution in [3.8, 4) is 11.5 Å². The van der Waals surface area contributed by atoms with Crippen molar-refractivity contribution < 1.29 is 24.1 Å². The standard InChI is InChI=1S/C15H20O5/c1-10(14(16)18-3)15(2,17)7-6-11-4-5-12-13(8-11)20-9-19-12/h4-5,8,10,17H,6-7,9H2,1-3H3. The van der Waals surface area contributed by atoms with Crippen molar-refractivity contribution in [2.45, 2.75) is 32.3 Å². The van der Waals surface area contributed by atoms with Crippen molar-refractivity contribution in [2.24, 2.45) is 5.92 Å². The van der Waals surface area contributed by atoms with Crippen molar-refractivity contribution in [1.82, 2.24) is 0 Å². The number of methoxy groups -OCH3 is 1. The van der Waals surface area contributed by atoms with Gasteiger partial charge in [0.15, 0.2) is 11.5 Å². The highest BCUT2D eigenvalue weighted by Gasteiger charge is 2.34. The second kappa shape index (κ2) is 5.71. The molecule has 0 fully saturated rings. The van der Waals surface area contributed by atoms with Gasteiger partial charge in [-0.25, -0.2) is 0 Å². The molecule has 0 aromatic heterocycles. The number of aliphatic hydroxyl groups is 1. The van der Waals surface area contributed by atoms with Crippen LogP contribution in [0, 0.1) is 5.92 Å². The minimum Gasteiger partial charge on any atom is -0.469 e. The minimum absolute atomic E-state index is 0.246. The van der Waals surface area contributed by atoms with E-state index in [2.05, 4.69) is 4.74 Å². The number of carbonyl (C=O) groups is 1. The van der Waals surface area contributed by atoms with E-state index >= 15 is 0 Å². The van der Waals surface area contributed by atoms with Gasteiger partial charge < -0.3 is 19.3 Å². The van der Waals surface area contributed by atoms with Gasteiger partial charge in [-0.2, -0.15) is 0 Å². The summed E-state index contributed by atoms with van der Waals surface area (Å²) >= 11 is 0. The van der Waals surface area contributed by atoms with Crippen LogP contribution in [0.2, 0.25) is 0 Å². The summed E-state index contributed by atoms with van der Waals surface area (Å²) in [6, 6.07) is 5.70. The highest BCUT2D eigenvalue weighted by molar-refractivity contribution is 5.73. The molecule has 2 atom stereocenters. The third-order valence-corrected chi connectivity index (χ3v) is 3.84. The fourth-order valence-corrected chi connectivity index (χ4v) is 2.14. The molecule has 1 N–H and O–H groups in total. The number of hydrogen-bond acceptors (Lipinski definition) is 5. The van der Waals surface area contributed by atoms with Crippen LogP contribution in [0.5, 0.6) is 11.5 Å². The van der Waals surface area contributed by atoms with Gasteiger partial charge in [0.05, 0.1) is 18.6 Å². The van der Waals surface area contributed by atoms with Crippen LogP contribution < -0.4 is 9.47 Å². The summed E-state index contributed by atoms with van der Waals surface area (Å²) in [6.07, 6.45) is 1.11. The van der Waals surface area contributed by atoms with Crippen LogP contribution in [0.4, 0.5) is 0 Å². The third-order valence-electron chi connectivity index (χ3n) is 3.84. The van der Waals surface area contributed by atoms with Gasteiger partial charge in [0.2, 0.25) is 6.79 Å². The van der Waals surface area contributed by atoms with E-state index < -0.39 is 17.5 Å². The lowest BCUT2D eigenvalue weighted by atomic mass is 9.85. The van der Waals surface area contributed by atoms with E-state index in [1.807, 2.05) is 18.2 Å². The van der Waals surface area contributed by atoms with Crippen molar-refractivity contribution in [3.05, 3.63) is 23.8 Å². The predicted octanol–water partition coefficient (Wildman–Crippen LogP) is 1.91. The number of rotatable bonds is 5. The topological polar surface area (TPSA) is 65.0 Å². The van der Waals surface area contributed by atoms with Gasteiger partial charge in [0.25, 0.3) is 0 Å². The lowest BCUT2D eigenvalue weighted by molar-refractivity contribution is -0.153. The Morgan fingerprint density at radius 2 is 2.15 bits per heavy atom. The number of carbonyl (C=O) groups excluding carboxylic acids is 1. The Morgan fingerprint density at radius 3 is 2.85 bits per heavy atom. The SMILES string of the molecule is COC(=O)C(C)C(C)(O)CCc1ccc2c(c1)OCO2. The molecule has 110 valence electrons. The molecule has 5 nitrogen and oxygen atoms in total. The summed E-state index contributed by atoms with van der Waals surface area (Å²) in [6.45, 7) is 3.57. The zero-order chi connectivity index (χ0) is 14.8. The Labute approximate surface area is 118 Å². The smallest absolute Gasteiger partial charge is 0.311 e. The number of esters is 1. The average molecular weight is 280 g/mol. The maximum atomic E-state index is 11.5. The molecule has 2 unspecified atom stereocenters. The Bertz CT molecular complexity index is 495. The fraction of sp³-hybridized carbons (Fsp3) is 0.533. The normalized spacial score (nSPS) is 17.4. The molecule has 20 heavy (non-hydrogen) atoms. The Hall–Kier alpha value is -1.75. The zero-order valence-electron chi connectivity index (χ0n) is 12.0. The molecule has 0 amide bonds. The van der Waals surface area contributed by atoms with Gasteiger partial charge in [0.1, 0.15) is 0 Å². The van der Waals surface area contributed by atoms with Crippen molar-refractivity contribution in [3.63, 3.8) is 0 Å². The molecule has 0 radical (unpaired) electrons. The van der Waals surface area contributed by atoms with Gasteiger partial charge in [-0.3, -0.25) is 4.79 Å². The van der Waals surface area contributed by atoms with Crippen LogP contribution in [0.3, 0.4) is 0 Å². The van der Waals surface area contributed by atoms with Gasteiger partial charge in [-0.1, -0.05) is 6.07 Å². The first-order valence-corrected chi connectivity index (χ1v) is 6.63. The van der Waals surface area contributed by atoms with Gasteiger partial charge in [0, 0.05) is 0 Å². The first-order valence-electron chi connectivity index (χ1n) is 6.63. The quantitative estimate of drug-likeness (QED) is 0.835. The summed E-state index contributed by atoms with van der Waals surface area (Å²) in [5.41, 5.74) is -0.0738. The minimum atomic E-state index is -1.11. The molecule has 1 aliphatic heterocycles. The fourth-order valence-electron chi connectivity index (χ4n) is 2.14. The lowest BCUT2D eigenvalue weighted by Crippen LogP contribution is -2.38. The monoisotopic (exact) mass is 280 g/mol. The van der Waals surface area contributed by atoms with Gasteiger partial charge in [-0.05, 0) is 44.4 Å². The Balaban J connectivity index is 1.99. The zero-order valence-corrected chi connectivity index (χ0v) is 12.0. The van der Waals surface area contributed by atoms with Crippen LogP contribution in [0.15, 0.2) is 18.2 Å². The second-order valence-corrected chi connectivity index (χ2v) is 5.29. The number of aryl methyl sites for hydroxylation is 1. The van der Waals surface area contributed by atoms with Crippen molar-refractivity contribution in [1.29, 1.82) is 0 Å². The van der Waals surface area contributed by atoms with Crippen LogP contribution in [0.1, 0.15) is 25.8 Å². The van der Waals surface area contributed by atoms with E-state index in [0.29, 0.717) is 12.8 Å². The number of hydrogen-bond donors (Lipinski definition) is 1. The molecule has 0 saturated carbocycles. The molecular weight excluding hydrogens is 260 g/mol. The van der Waals surface area contributed by atoms with Crippen LogP contribution in [-0.2, 0) is 16.0 Å². The van der Waals surface area contributed by atoms with Gasteiger partial charge >= 0.3 is 5.97 Å². The summed E-state index contributed by atoms with van der Waals surface area (Å²) in [7, 11) is 1.33. The molecule has 1 aromatic rings. The number of fused-ring (bicyclic) bond motifs is 1. The summed E-state index contributed by atoms with van der Waals surface area (Å²) in [5, 5.41) is 10.4. The third kappa shape index (κ3) is 3.04. The molecule has 1 aliphatic rings. The maximum absolute atomic E-state index is 11.5. The maximum Gasteiger partial charge on any atom is 0.311 e. The molecule has 0 bridgehead atoms. The van der Waals surface area contributed by atoms with Gasteiger partial charge in [-0.15, -0.1) is 0 Å². The summed E-state index contributed by atoms with van der Waals surface area (Å²) in [5.74, 6) is 0.494. The molecule has 0 spiro atoms. The average Bonchev–Trinajstić information content (AvgIpc) is 2.91. The largest absolute Gasteiger partial charge is 0.469 e. The van der Waals surface area contributed by atoms with E-state index in [4.69, 9.17) is 9.47 Å². The van der Waals surface area contributed by atoms with Crippen LogP contribution in [0.25, 0.3) is 0 Å². The number of benzene rings is 1.